The molecule has 0 bridgehead atoms. The van der Waals surface area contributed by atoms with Crippen LogP contribution in [0.1, 0.15) is 19.3 Å². The summed E-state index contributed by atoms with van der Waals surface area (Å²) in [7, 11) is 0. The van der Waals surface area contributed by atoms with Gasteiger partial charge in [0.05, 0.1) is 0 Å². The number of hydrogen-bond acceptors (Lipinski definition) is 3. The molecule has 1 rings (SSSR count). The molecule has 0 aromatic carbocycles. The first-order valence-electron chi connectivity index (χ1n) is 6.28. The first kappa shape index (κ1) is 14.7. The molecule has 6 heteroatoms. The van der Waals surface area contributed by atoms with Gasteiger partial charge in [0.25, 0.3) is 0 Å². The lowest BCUT2D eigenvalue weighted by atomic mass is 10.3. The number of nitrogens with zero attached hydrogens (tertiary/aromatic N) is 1. The van der Waals surface area contributed by atoms with Crippen LogP contribution in [0.25, 0.3) is 0 Å². The lowest BCUT2D eigenvalue weighted by molar-refractivity contribution is -0.135. The van der Waals surface area contributed by atoms with Crippen molar-refractivity contribution in [2.24, 2.45) is 0 Å². The second kappa shape index (κ2) is 7.89. The van der Waals surface area contributed by atoms with Gasteiger partial charge in [-0.2, -0.15) is 13.2 Å². The molecule has 0 aliphatic carbocycles. The second-order valence-electron chi connectivity index (χ2n) is 4.41. The van der Waals surface area contributed by atoms with Gasteiger partial charge in [-0.1, -0.05) is 0 Å². The predicted molar refractivity (Wildman–Crippen MR) is 62.1 cm³/mol. The topological polar surface area (TPSA) is 27.3 Å². The summed E-state index contributed by atoms with van der Waals surface area (Å²) in [4.78, 5) is 2.34. The largest absolute Gasteiger partial charge is 0.389 e. The van der Waals surface area contributed by atoms with Gasteiger partial charge in [0.1, 0.15) is 0 Å². The van der Waals surface area contributed by atoms with E-state index in [9.17, 15) is 13.2 Å². The summed E-state index contributed by atoms with van der Waals surface area (Å²) < 4.78 is 35.6. The van der Waals surface area contributed by atoms with E-state index in [1.807, 2.05) is 0 Å². The molecule has 1 fully saturated rings. The van der Waals surface area contributed by atoms with Crippen LogP contribution in [0.2, 0.25) is 0 Å². The standard InChI is InChI=1S/C11H22F3N3/c12-11(13,14)3-1-4-15-6-9-17-8-2-5-16-7-10-17/h15-16H,1-10H2. The van der Waals surface area contributed by atoms with Crippen LogP contribution in [0.4, 0.5) is 13.2 Å². The number of nitrogens with one attached hydrogen (secondary N) is 2. The van der Waals surface area contributed by atoms with Crippen LogP contribution in [-0.2, 0) is 0 Å². The number of halogens is 3. The Morgan fingerprint density at radius 2 is 1.94 bits per heavy atom. The van der Waals surface area contributed by atoms with Crippen LogP contribution in [0, 0.1) is 0 Å². The predicted octanol–water partition coefficient (Wildman–Crippen LogP) is 1.21. The molecule has 1 heterocycles. The molecule has 3 nitrogen and oxygen atoms in total. The Bertz CT molecular complexity index is 189. The quantitative estimate of drug-likeness (QED) is 0.697. The van der Waals surface area contributed by atoms with Crippen molar-refractivity contribution in [3.63, 3.8) is 0 Å². The SMILES string of the molecule is FC(F)(F)CCCNCCN1CCCNCC1. The van der Waals surface area contributed by atoms with Gasteiger partial charge in [0.15, 0.2) is 0 Å². The summed E-state index contributed by atoms with van der Waals surface area (Å²) in [6.07, 6.45) is -3.38. The van der Waals surface area contributed by atoms with Gasteiger partial charge in [0.2, 0.25) is 0 Å². The summed E-state index contributed by atoms with van der Waals surface area (Å²) >= 11 is 0. The van der Waals surface area contributed by atoms with Crippen molar-refractivity contribution in [1.29, 1.82) is 0 Å². The molecular formula is C11H22F3N3. The minimum atomic E-state index is -4.02. The number of rotatable bonds is 6. The summed E-state index contributed by atoms with van der Waals surface area (Å²) in [6.45, 7) is 6.34. The van der Waals surface area contributed by atoms with E-state index in [1.54, 1.807) is 0 Å². The van der Waals surface area contributed by atoms with Gasteiger partial charge in [-0.25, -0.2) is 0 Å². The van der Waals surface area contributed by atoms with Gasteiger partial charge in [0, 0.05) is 32.6 Å². The molecule has 2 N–H and O–H groups in total. The van der Waals surface area contributed by atoms with Crippen LogP contribution in [0.5, 0.6) is 0 Å². The molecule has 0 saturated carbocycles. The lowest BCUT2D eigenvalue weighted by Gasteiger charge is -2.19. The normalized spacial score (nSPS) is 19.2. The molecule has 0 radical (unpaired) electrons. The minimum Gasteiger partial charge on any atom is -0.315 e. The molecule has 1 aliphatic rings. The summed E-state index contributed by atoms with van der Waals surface area (Å²) in [5.74, 6) is 0. The molecule has 0 aromatic rings. The molecule has 17 heavy (non-hydrogen) atoms. The first-order valence-corrected chi connectivity index (χ1v) is 6.28. The van der Waals surface area contributed by atoms with Crippen LogP contribution < -0.4 is 10.6 Å². The van der Waals surface area contributed by atoms with Crippen molar-refractivity contribution >= 4 is 0 Å². The third-order valence-electron chi connectivity index (χ3n) is 2.85. The van der Waals surface area contributed by atoms with E-state index in [0.29, 0.717) is 6.54 Å². The highest BCUT2D eigenvalue weighted by atomic mass is 19.4. The van der Waals surface area contributed by atoms with Gasteiger partial charge in [-0.3, -0.25) is 0 Å². The monoisotopic (exact) mass is 253 g/mol. The van der Waals surface area contributed by atoms with Crippen LogP contribution in [0.3, 0.4) is 0 Å². The zero-order valence-corrected chi connectivity index (χ0v) is 10.2. The van der Waals surface area contributed by atoms with Crippen LogP contribution in [0.15, 0.2) is 0 Å². The Hall–Kier alpha value is -0.330. The van der Waals surface area contributed by atoms with Gasteiger partial charge < -0.3 is 15.5 Å². The third-order valence-corrected chi connectivity index (χ3v) is 2.85. The molecule has 1 aliphatic heterocycles. The fourth-order valence-electron chi connectivity index (χ4n) is 1.90. The van der Waals surface area contributed by atoms with Crippen molar-refractivity contribution in [3.8, 4) is 0 Å². The Labute approximate surface area is 101 Å². The maximum atomic E-state index is 11.9. The summed E-state index contributed by atoms with van der Waals surface area (Å²) in [6, 6.07) is 0. The minimum absolute atomic E-state index is 0.172. The van der Waals surface area contributed by atoms with E-state index in [4.69, 9.17) is 0 Å². The molecule has 0 amide bonds. The smallest absolute Gasteiger partial charge is 0.315 e. The zero-order chi connectivity index (χ0) is 12.6. The van der Waals surface area contributed by atoms with E-state index in [-0.39, 0.29) is 6.42 Å². The molecule has 0 atom stereocenters. The maximum absolute atomic E-state index is 11.9. The number of hydrogen-bond donors (Lipinski definition) is 2. The van der Waals surface area contributed by atoms with Gasteiger partial charge >= 0.3 is 6.18 Å². The van der Waals surface area contributed by atoms with Gasteiger partial charge in [-0.15, -0.1) is 0 Å². The first-order chi connectivity index (χ1) is 8.08. The van der Waals surface area contributed by atoms with Crippen molar-refractivity contribution < 1.29 is 13.2 Å². The van der Waals surface area contributed by atoms with Crippen molar-refractivity contribution in [3.05, 3.63) is 0 Å². The van der Waals surface area contributed by atoms with E-state index < -0.39 is 12.6 Å². The maximum Gasteiger partial charge on any atom is 0.389 e. The Morgan fingerprint density at radius 1 is 1.12 bits per heavy atom. The van der Waals surface area contributed by atoms with Crippen LogP contribution in [-0.4, -0.2) is 56.9 Å². The average molecular weight is 253 g/mol. The third kappa shape index (κ3) is 8.40. The molecule has 0 spiro atoms. The molecular weight excluding hydrogens is 231 g/mol. The molecule has 102 valence electrons. The van der Waals surface area contributed by atoms with Crippen LogP contribution >= 0.6 is 0 Å². The van der Waals surface area contributed by atoms with Crippen molar-refractivity contribution in [2.45, 2.75) is 25.4 Å². The Kier molecular flexibility index (Phi) is 6.84. The van der Waals surface area contributed by atoms with E-state index >= 15 is 0 Å². The lowest BCUT2D eigenvalue weighted by Crippen LogP contribution is -2.35. The molecule has 0 aromatic heterocycles. The Morgan fingerprint density at radius 3 is 2.71 bits per heavy atom. The summed E-state index contributed by atoms with van der Waals surface area (Å²) in [5.41, 5.74) is 0. The van der Waals surface area contributed by atoms with Crippen molar-refractivity contribution in [1.82, 2.24) is 15.5 Å². The highest BCUT2D eigenvalue weighted by Gasteiger charge is 2.25. The zero-order valence-electron chi connectivity index (χ0n) is 10.2. The highest BCUT2D eigenvalue weighted by molar-refractivity contribution is 4.66. The van der Waals surface area contributed by atoms with Gasteiger partial charge in [-0.05, 0) is 32.5 Å². The second-order valence-corrected chi connectivity index (χ2v) is 4.41. The number of alkyl halides is 3. The summed E-state index contributed by atoms with van der Waals surface area (Å²) in [5, 5.41) is 6.38. The van der Waals surface area contributed by atoms with E-state index in [2.05, 4.69) is 15.5 Å². The average Bonchev–Trinajstić information content (AvgIpc) is 2.50. The fourth-order valence-corrected chi connectivity index (χ4v) is 1.90. The van der Waals surface area contributed by atoms with E-state index in [0.717, 1.165) is 45.7 Å². The molecule has 1 saturated heterocycles. The fraction of sp³-hybridized carbons (Fsp3) is 1.00. The molecule has 0 unspecified atom stereocenters. The highest BCUT2D eigenvalue weighted by Crippen LogP contribution is 2.20. The Balaban J connectivity index is 1.93. The van der Waals surface area contributed by atoms with E-state index in [1.165, 1.54) is 0 Å². The van der Waals surface area contributed by atoms with Crippen molar-refractivity contribution in [2.75, 3.05) is 45.8 Å².